The lowest BCUT2D eigenvalue weighted by Gasteiger charge is -2.02. The molecule has 1 aromatic rings. The van der Waals surface area contributed by atoms with Gasteiger partial charge in [-0.25, -0.2) is 4.98 Å². The van der Waals surface area contributed by atoms with E-state index in [1.54, 1.807) is 11.3 Å². The molecule has 1 unspecified atom stereocenters. The first kappa shape index (κ1) is 6.64. The van der Waals surface area contributed by atoms with Crippen molar-refractivity contribution >= 4 is 23.1 Å². The number of aromatic nitrogens is 1. The molecule has 1 fully saturated rings. The lowest BCUT2D eigenvalue weighted by atomic mass is 10.6. The van der Waals surface area contributed by atoms with Gasteiger partial charge in [-0.3, -0.25) is 5.32 Å². The van der Waals surface area contributed by atoms with Gasteiger partial charge < -0.3 is 0 Å². The molecule has 2 rings (SSSR count). The first-order valence-corrected chi connectivity index (χ1v) is 5.14. The summed E-state index contributed by atoms with van der Waals surface area (Å²) in [5.41, 5.74) is 0. The Bertz CT molecular complexity index is 192. The Labute approximate surface area is 68.1 Å². The van der Waals surface area contributed by atoms with Crippen LogP contribution in [0.4, 0.5) is 0 Å². The Hall–Kier alpha value is -0.0600. The Kier molecular flexibility index (Phi) is 1.93. The zero-order valence-electron chi connectivity index (χ0n) is 5.41. The van der Waals surface area contributed by atoms with Crippen LogP contribution >= 0.6 is 23.1 Å². The van der Waals surface area contributed by atoms with Crippen LogP contribution in [-0.2, 0) is 0 Å². The van der Waals surface area contributed by atoms with E-state index >= 15 is 0 Å². The quantitative estimate of drug-likeness (QED) is 0.694. The van der Waals surface area contributed by atoms with Crippen LogP contribution in [0.3, 0.4) is 0 Å². The second-order valence-corrected chi connectivity index (χ2v) is 4.21. The summed E-state index contributed by atoms with van der Waals surface area (Å²) in [5.74, 6) is 1.21. The maximum Gasteiger partial charge on any atom is 0.120 e. The monoisotopic (exact) mass is 172 g/mol. The molecule has 1 saturated heterocycles. The van der Waals surface area contributed by atoms with E-state index < -0.39 is 0 Å². The standard InChI is InChI=1S/C6H8N2S2/c1-3-9-5(7-1)6-8-2-4-10-6/h1,3,6,8H,2,4H2. The van der Waals surface area contributed by atoms with Crippen molar-refractivity contribution in [2.75, 3.05) is 12.3 Å². The van der Waals surface area contributed by atoms with Gasteiger partial charge in [-0.2, -0.15) is 0 Å². The van der Waals surface area contributed by atoms with Gasteiger partial charge in [0.25, 0.3) is 0 Å². The number of hydrogen-bond donors (Lipinski definition) is 1. The van der Waals surface area contributed by atoms with Crippen LogP contribution in [0.5, 0.6) is 0 Å². The van der Waals surface area contributed by atoms with Gasteiger partial charge in [0.2, 0.25) is 0 Å². The maximum absolute atomic E-state index is 4.23. The molecule has 2 heterocycles. The Morgan fingerprint density at radius 3 is 3.30 bits per heavy atom. The normalized spacial score (nSPS) is 25.4. The summed E-state index contributed by atoms with van der Waals surface area (Å²) in [5, 5.41) is 7.08. The van der Waals surface area contributed by atoms with Gasteiger partial charge in [-0.05, 0) is 0 Å². The van der Waals surface area contributed by atoms with Crippen LogP contribution in [0.2, 0.25) is 0 Å². The summed E-state index contributed by atoms with van der Waals surface area (Å²) in [6.45, 7) is 1.12. The van der Waals surface area contributed by atoms with Crippen LogP contribution < -0.4 is 5.32 Å². The van der Waals surface area contributed by atoms with Crippen molar-refractivity contribution in [2.24, 2.45) is 0 Å². The van der Waals surface area contributed by atoms with E-state index in [0.29, 0.717) is 5.37 Å². The maximum atomic E-state index is 4.23. The predicted molar refractivity (Wildman–Crippen MR) is 45.3 cm³/mol. The number of nitrogens with one attached hydrogen (secondary N) is 1. The summed E-state index contributed by atoms with van der Waals surface area (Å²) < 4.78 is 0. The highest BCUT2D eigenvalue weighted by molar-refractivity contribution is 7.99. The van der Waals surface area contributed by atoms with Gasteiger partial charge in [-0.1, -0.05) is 0 Å². The topological polar surface area (TPSA) is 24.9 Å². The van der Waals surface area contributed by atoms with Crippen LogP contribution in [0.15, 0.2) is 11.6 Å². The zero-order valence-corrected chi connectivity index (χ0v) is 7.04. The average molecular weight is 172 g/mol. The second-order valence-electron chi connectivity index (χ2n) is 2.08. The number of hydrogen-bond acceptors (Lipinski definition) is 4. The zero-order chi connectivity index (χ0) is 6.81. The molecular weight excluding hydrogens is 164 g/mol. The van der Waals surface area contributed by atoms with E-state index in [-0.39, 0.29) is 0 Å². The van der Waals surface area contributed by atoms with Gasteiger partial charge >= 0.3 is 0 Å². The van der Waals surface area contributed by atoms with Crippen molar-refractivity contribution in [3.05, 3.63) is 16.6 Å². The van der Waals surface area contributed by atoms with Crippen LogP contribution in [0.1, 0.15) is 10.4 Å². The summed E-state index contributed by atoms with van der Waals surface area (Å²) in [4.78, 5) is 4.23. The fraction of sp³-hybridized carbons (Fsp3) is 0.500. The molecule has 1 aliphatic heterocycles. The molecule has 0 aliphatic carbocycles. The third-order valence-corrected chi connectivity index (χ3v) is 3.54. The first-order chi connectivity index (χ1) is 4.97. The first-order valence-electron chi connectivity index (χ1n) is 3.21. The minimum atomic E-state index is 0.472. The minimum Gasteiger partial charge on any atom is -0.299 e. The fourth-order valence-electron chi connectivity index (χ4n) is 0.948. The van der Waals surface area contributed by atoms with Crippen molar-refractivity contribution in [3.63, 3.8) is 0 Å². The highest BCUT2D eigenvalue weighted by Crippen LogP contribution is 2.30. The van der Waals surface area contributed by atoms with E-state index in [0.717, 1.165) is 6.54 Å². The molecule has 1 atom stereocenters. The molecular formula is C6H8N2S2. The van der Waals surface area contributed by atoms with Crippen molar-refractivity contribution in [1.29, 1.82) is 0 Å². The third-order valence-electron chi connectivity index (χ3n) is 1.39. The SMILES string of the molecule is c1csc(C2NCCS2)n1. The van der Waals surface area contributed by atoms with Crippen molar-refractivity contribution in [1.82, 2.24) is 10.3 Å². The van der Waals surface area contributed by atoms with Crippen LogP contribution in [0, 0.1) is 0 Å². The van der Waals surface area contributed by atoms with Crippen molar-refractivity contribution in [2.45, 2.75) is 5.37 Å². The molecule has 4 heteroatoms. The smallest absolute Gasteiger partial charge is 0.120 e. The molecule has 0 bridgehead atoms. The Balaban J connectivity index is 2.12. The largest absolute Gasteiger partial charge is 0.299 e. The van der Waals surface area contributed by atoms with Gasteiger partial charge in [0.1, 0.15) is 10.4 Å². The lowest BCUT2D eigenvalue weighted by Crippen LogP contribution is -2.11. The van der Waals surface area contributed by atoms with Gasteiger partial charge in [0, 0.05) is 23.9 Å². The average Bonchev–Trinajstić information content (AvgIpc) is 2.59. The van der Waals surface area contributed by atoms with Gasteiger partial charge in [0.05, 0.1) is 0 Å². The van der Waals surface area contributed by atoms with Gasteiger partial charge in [0.15, 0.2) is 0 Å². The number of thiazole rings is 1. The molecule has 1 N–H and O–H groups in total. The molecule has 54 valence electrons. The van der Waals surface area contributed by atoms with E-state index in [9.17, 15) is 0 Å². The van der Waals surface area contributed by atoms with Crippen LogP contribution in [-0.4, -0.2) is 17.3 Å². The summed E-state index contributed by atoms with van der Waals surface area (Å²) in [7, 11) is 0. The van der Waals surface area contributed by atoms with Crippen molar-refractivity contribution < 1.29 is 0 Å². The molecule has 1 aliphatic rings. The van der Waals surface area contributed by atoms with E-state index in [1.807, 2.05) is 23.3 Å². The summed E-state index contributed by atoms with van der Waals surface area (Å²) in [6, 6.07) is 0. The number of thioether (sulfide) groups is 1. The highest BCUT2D eigenvalue weighted by atomic mass is 32.2. The molecule has 0 aromatic carbocycles. The summed E-state index contributed by atoms with van der Waals surface area (Å²) in [6.07, 6.45) is 1.86. The molecule has 10 heavy (non-hydrogen) atoms. The Morgan fingerprint density at radius 2 is 2.70 bits per heavy atom. The third kappa shape index (κ3) is 1.19. The predicted octanol–water partition coefficient (Wildman–Crippen LogP) is 1.48. The van der Waals surface area contributed by atoms with Crippen LogP contribution in [0.25, 0.3) is 0 Å². The van der Waals surface area contributed by atoms with E-state index in [1.165, 1.54) is 10.8 Å². The van der Waals surface area contributed by atoms with Crippen molar-refractivity contribution in [3.8, 4) is 0 Å². The van der Waals surface area contributed by atoms with E-state index in [2.05, 4.69) is 10.3 Å². The molecule has 2 nitrogen and oxygen atoms in total. The second kappa shape index (κ2) is 2.90. The summed E-state index contributed by atoms with van der Waals surface area (Å²) >= 11 is 3.66. The molecule has 0 radical (unpaired) electrons. The highest BCUT2D eigenvalue weighted by Gasteiger charge is 2.18. The number of rotatable bonds is 1. The van der Waals surface area contributed by atoms with E-state index in [4.69, 9.17) is 0 Å². The molecule has 0 spiro atoms. The fourth-order valence-corrected chi connectivity index (χ4v) is 2.82. The molecule has 0 saturated carbocycles. The Morgan fingerprint density at radius 1 is 1.70 bits per heavy atom. The molecule has 0 amide bonds. The minimum absolute atomic E-state index is 0.472. The molecule has 1 aromatic heterocycles. The number of nitrogens with zero attached hydrogens (tertiary/aromatic N) is 1. The van der Waals surface area contributed by atoms with Gasteiger partial charge in [-0.15, -0.1) is 23.1 Å². The lowest BCUT2D eigenvalue weighted by molar-refractivity contribution is 0.746.